The van der Waals surface area contributed by atoms with Gasteiger partial charge in [0.05, 0.1) is 0 Å². The molecule has 0 aromatic rings. The van der Waals surface area contributed by atoms with Gasteiger partial charge in [0.2, 0.25) is 5.91 Å². The van der Waals surface area contributed by atoms with Crippen LogP contribution in [0.25, 0.3) is 0 Å². The van der Waals surface area contributed by atoms with Gasteiger partial charge in [0, 0.05) is 11.5 Å². The maximum absolute atomic E-state index is 13.2. The van der Waals surface area contributed by atoms with E-state index < -0.39 is 0 Å². The van der Waals surface area contributed by atoms with Crippen molar-refractivity contribution in [3.05, 3.63) is 0 Å². The van der Waals surface area contributed by atoms with E-state index in [1.54, 1.807) is 0 Å². The Morgan fingerprint density at radius 3 is 2.05 bits per heavy atom. The molecule has 6 aliphatic carbocycles. The van der Waals surface area contributed by atoms with E-state index in [2.05, 4.69) is 12.2 Å². The van der Waals surface area contributed by atoms with E-state index in [1.807, 2.05) is 0 Å². The van der Waals surface area contributed by atoms with Crippen LogP contribution in [0.4, 0.5) is 0 Å². The van der Waals surface area contributed by atoms with Crippen molar-refractivity contribution in [2.24, 2.45) is 40.9 Å². The highest BCUT2D eigenvalue weighted by Gasteiger charge is 2.55. The van der Waals surface area contributed by atoms with Crippen LogP contribution in [-0.4, -0.2) is 11.9 Å². The van der Waals surface area contributed by atoms with Crippen LogP contribution in [0.2, 0.25) is 0 Å². The van der Waals surface area contributed by atoms with Crippen LogP contribution in [0, 0.1) is 40.9 Å². The number of carbonyl (C=O) groups excluding carboxylic acids is 1. The highest BCUT2D eigenvalue weighted by Crippen LogP contribution is 2.60. The van der Waals surface area contributed by atoms with Gasteiger partial charge in [-0.3, -0.25) is 4.79 Å². The van der Waals surface area contributed by atoms with E-state index in [-0.39, 0.29) is 5.41 Å². The second-order valence-corrected chi connectivity index (χ2v) is 9.80. The van der Waals surface area contributed by atoms with Crippen LogP contribution < -0.4 is 5.32 Å². The highest BCUT2D eigenvalue weighted by atomic mass is 16.2. The zero-order valence-electron chi connectivity index (χ0n) is 14.0. The third-order valence-corrected chi connectivity index (χ3v) is 8.31. The molecule has 4 atom stereocenters. The van der Waals surface area contributed by atoms with E-state index in [9.17, 15) is 4.79 Å². The Morgan fingerprint density at radius 1 is 0.909 bits per heavy atom. The van der Waals surface area contributed by atoms with E-state index in [0.29, 0.717) is 11.9 Å². The molecule has 22 heavy (non-hydrogen) atoms. The Hall–Kier alpha value is -0.530. The predicted molar refractivity (Wildman–Crippen MR) is 87.1 cm³/mol. The molecular weight excluding hydrogens is 270 g/mol. The number of fused-ring (bicyclic) bond motifs is 2. The number of hydrogen-bond acceptors (Lipinski definition) is 1. The van der Waals surface area contributed by atoms with Gasteiger partial charge in [-0.05, 0) is 100 Å². The normalized spacial score (nSPS) is 53.0. The Kier molecular flexibility index (Phi) is 2.99. The third kappa shape index (κ3) is 2.01. The molecule has 6 bridgehead atoms. The van der Waals surface area contributed by atoms with E-state index in [0.717, 1.165) is 35.5 Å². The SMILES string of the molecule is C[C@H](NC(=O)C12CC3CC(CC(C3)C1)C2)[C@H]1C[C@H]2CC[C@H]1C2. The van der Waals surface area contributed by atoms with E-state index >= 15 is 0 Å². The van der Waals surface area contributed by atoms with Gasteiger partial charge in [0.15, 0.2) is 0 Å². The lowest BCUT2D eigenvalue weighted by Gasteiger charge is -2.56. The fourth-order valence-corrected chi connectivity index (χ4v) is 7.76. The molecule has 6 fully saturated rings. The summed E-state index contributed by atoms with van der Waals surface area (Å²) in [6, 6.07) is 0.413. The first-order chi connectivity index (χ1) is 10.6. The van der Waals surface area contributed by atoms with Crippen LogP contribution in [-0.2, 0) is 4.79 Å². The Bertz CT molecular complexity index is 449. The largest absolute Gasteiger partial charge is 0.353 e. The van der Waals surface area contributed by atoms with Crippen molar-refractivity contribution < 1.29 is 4.79 Å². The molecule has 6 saturated carbocycles. The van der Waals surface area contributed by atoms with Crippen molar-refractivity contribution in [2.45, 2.75) is 77.2 Å². The average Bonchev–Trinajstić information content (AvgIpc) is 3.08. The molecule has 0 aliphatic heterocycles. The van der Waals surface area contributed by atoms with Crippen molar-refractivity contribution in [3.63, 3.8) is 0 Å². The molecule has 1 N–H and O–H groups in total. The summed E-state index contributed by atoms with van der Waals surface area (Å²) >= 11 is 0. The van der Waals surface area contributed by atoms with Gasteiger partial charge in [-0.25, -0.2) is 0 Å². The summed E-state index contributed by atoms with van der Waals surface area (Å²) in [6.45, 7) is 2.30. The molecule has 122 valence electrons. The summed E-state index contributed by atoms with van der Waals surface area (Å²) < 4.78 is 0. The molecule has 0 saturated heterocycles. The second kappa shape index (κ2) is 4.74. The number of amides is 1. The molecule has 0 spiro atoms. The summed E-state index contributed by atoms with van der Waals surface area (Å²) in [4.78, 5) is 13.2. The number of nitrogens with one attached hydrogen (secondary N) is 1. The van der Waals surface area contributed by atoms with Crippen molar-refractivity contribution in [2.75, 3.05) is 0 Å². The average molecular weight is 301 g/mol. The maximum Gasteiger partial charge on any atom is 0.226 e. The lowest BCUT2D eigenvalue weighted by Crippen LogP contribution is -2.55. The van der Waals surface area contributed by atoms with Gasteiger partial charge < -0.3 is 5.32 Å². The summed E-state index contributed by atoms with van der Waals surface area (Å²) in [5.41, 5.74) is 0.0423. The smallest absolute Gasteiger partial charge is 0.226 e. The summed E-state index contributed by atoms with van der Waals surface area (Å²) in [5, 5.41) is 3.52. The van der Waals surface area contributed by atoms with Gasteiger partial charge >= 0.3 is 0 Å². The minimum Gasteiger partial charge on any atom is -0.353 e. The van der Waals surface area contributed by atoms with E-state index in [1.165, 1.54) is 64.2 Å². The van der Waals surface area contributed by atoms with Crippen LogP contribution in [0.15, 0.2) is 0 Å². The quantitative estimate of drug-likeness (QED) is 0.834. The van der Waals surface area contributed by atoms with Gasteiger partial charge in [0.1, 0.15) is 0 Å². The van der Waals surface area contributed by atoms with Crippen LogP contribution in [0.3, 0.4) is 0 Å². The molecule has 2 nitrogen and oxygen atoms in total. The number of hydrogen-bond donors (Lipinski definition) is 1. The van der Waals surface area contributed by atoms with Gasteiger partial charge in [-0.1, -0.05) is 6.42 Å². The molecule has 2 heteroatoms. The fraction of sp³-hybridized carbons (Fsp3) is 0.950. The molecule has 6 rings (SSSR count). The Labute approximate surface area is 134 Å². The lowest BCUT2D eigenvalue weighted by molar-refractivity contribution is -0.147. The monoisotopic (exact) mass is 301 g/mol. The van der Waals surface area contributed by atoms with Crippen molar-refractivity contribution in [1.82, 2.24) is 5.32 Å². The molecule has 0 unspecified atom stereocenters. The first-order valence-electron chi connectivity index (χ1n) is 9.92. The first kappa shape index (κ1) is 13.9. The topological polar surface area (TPSA) is 29.1 Å². The zero-order chi connectivity index (χ0) is 14.9. The van der Waals surface area contributed by atoms with E-state index in [4.69, 9.17) is 0 Å². The molecule has 0 heterocycles. The lowest BCUT2D eigenvalue weighted by atomic mass is 9.49. The number of rotatable bonds is 3. The molecular formula is C20H31NO. The third-order valence-electron chi connectivity index (χ3n) is 8.31. The Morgan fingerprint density at radius 2 is 1.55 bits per heavy atom. The molecule has 1 amide bonds. The highest BCUT2D eigenvalue weighted by molar-refractivity contribution is 5.83. The van der Waals surface area contributed by atoms with Gasteiger partial charge in [-0.15, -0.1) is 0 Å². The summed E-state index contributed by atoms with van der Waals surface area (Å²) in [6.07, 6.45) is 13.6. The van der Waals surface area contributed by atoms with Crippen LogP contribution >= 0.6 is 0 Å². The van der Waals surface area contributed by atoms with Crippen molar-refractivity contribution in [1.29, 1.82) is 0 Å². The zero-order valence-corrected chi connectivity index (χ0v) is 14.0. The summed E-state index contributed by atoms with van der Waals surface area (Å²) in [5.74, 6) is 5.73. The standard InChI is InChI=1S/C20H31NO/c1-12(18-8-13-2-3-17(18)7-13)21-19(22)20-9-14-4-15(10-20)6-16(5-14)11-20/h12-18H,2-11H2,1H3,(H,21,22)/t12-,13-,14?,15?,16?,17-,18+,20?/m0/s1. The van der Waals surface area contributed by atoms with Crippen molar-refractivity contribution >= 4 is 5.91 Å². The molecule has 0 aromatic carbocycles. The fourth-order valence-electron chi connectivity index (χ4n) is 7.76. The summed E-state index contributed by atoms with van der Waals surface area (Å²) in [7, 11) is 0. The molecule has 6 aliphatic rings. The van der Waals surface area contributed by atoms with Gasteiger partial charge in [-0.2, -0.15) is 0 Å². The molecule has 0 aromatic heterocycles. The first-order valence-corrected chi connectivity index (χ1v) is 9.92. The van der Waals surface area contributed by atoms with Gasteiger partial charge in [0.25, 0.3) is 0 Å². The maximum atomic E-state index is 13.2. The van der Waals surface area contributed by atoms with Crippen LogP contribution in [0.5, 0.6) is 0 Å². The van der Waals surface area contributed by atoms with Crippen LogP contribution in [0.1, 0.15) is 71.1 Å². The Balaban J connectivity index is 1.29. The van der Waals surface area contributed by atoms with Crippen molar-refractivity contribution in [3.8, 4) is 0 Å². The minimum atomic E-state index is 0.0423. The number of carbonyl (C=O) groups is 1. The molecule has 0 radical (unpaired) electrons. The predicted octanol–water partition coefficient (Wildman–Crippen LogP) is 4.14. The second-order valence-electron chi connectivity index (χ2n) is 9.80. The minimum absolute atomic E-state index is 0.0423.